The first-order chi connectivity index (χ1) is 12.0. The maximum absolute atomic E-state index is 11.0. The number of anilines is 1. The van der Waals surface area contributed by atoms with E-state index in [1.807, 2.05) is 12.1 Å². The second kappa shape index (κ2) is 7.28. The molecular formula is C16H21N5O4. The van der Waals surface area contributed by atoms with E-state index in [9.17, 15) is 20.1 Å². The molecule has 0 saturated carbocycles. The zero-order valence-electron chi connectivity index (χ0n) is 13.7. The van der Waals surface area contributed by atoms with Gasteiger partial charge in [-0.05, 0) is 12.1 Å². The number of nitrogens with zero attached hydrogens (tertiary/aromatic N) is 3. The lowest BCUT2D eigenvalue weighted by Crippen LogP contribution is -2.38. The van der Waals surface area contributed by atoms with Gasteiger partial charge in [0.15, 0.2) is 0 Å². The average molecular weight is 347 g/mol. The van der Waals surface area contributed by atoms with Gasteiger partial charge < -0.3 is 26.0 Å². The largest absolute Gasteiger partial charge is 0.395 e. The maximum atomic E-state index is 11.0. The van der Waals surface area contributed by atoms with Crippen LogP contribution < -0.4 is 10.6 Å². The SMILES string of the molecule is CC(=O)Nc1ccc(-c2cn(C[C@H]3N[C@H](CO)[C@@H](O)[C@@H]3O)nn2)cc1. The third-order valence-electron chi connectivity index (χ3n) is 4.22. The van der Waals surface area contributed by atoms with Gasteiger partial charge in [0, 0.05) is 18.2 Å². The molecule has 134 valence electrons. The predicted octanol–water partition coefficient (Wildman–Crippen LogP) is -1.04. The van der Waals surface area contributed by atoms with E-state index in [0.29, 0.717) is 17.9 Å². The van der Waals surface area contributed by atoms with Crippen LogP contribution in [-0.2, 0) is 11.3 Å². The lowest BCUT2D eigenvalue weighted by molar-refractivity contribution is -0.114. The van der Waals surface area contributed by atoms with Gasteiger partial charge in [-0.2, -0.15) is 0 Å². The van der Waals surface area contributed by atoms with Crippen molar-refractivity contribution in [3.05, 3.63) is 30.5 Å². The molecule has 0 bridgehead atoms. The maximum Gasteiger partial charge on any atom is 0.221 e. The van der Waals surface area contributed by atoms with E-state index >= 15 is 0 Å². The predicted molar refractivity (Wildman–Crippen MR) is 89.6 cm³/mol. The van der Waals surface area contributed by atoms with Gasteiger partial charge in [-0.25, -0.2) is 0 Å². The number of nitrogens with one attached hydrogen (secondary N) is 2. The van der Waals surface area contributed by atoms with Crippen molar-refractivity contribution in [1.29, 1.82) is 0 Å². The van der Waals surface area contributed by atoms with Crippen LogP contribution >= 0.6 is 0 Å². The van der Waals surface area contributed by atoms with Gasteiger partial charge >= 0.3 is 0 Å². The molecule has 1 aliphatic heterocycles. The molecule has 2 heterocycles. The van der Waals surface area contributed by atoms with Crippen molar-refractivity contribution in [3.63, 3.8) is 0 Å². The highest BCUT2D eigenvalue weighted by atomic mass is 16.3. The van der Waals surface area contributed by atoms with Crippen molar-refractivity contribution >= 4 is 11.6 Å². The summed E-state index contributed by atoms with van der Waals surface area (Å²) in [6, 6.07) is 6.23. The Bertz CT molecular complexity index is 732. The van der Waals surface area contributed by atoms with Gasteiger partial charge in [0.25, 0.3) is 0 Å². The summed E-state index contributed by atoms with van der Waals surface area (Å²) < 4.78 is 1.57. The fraction of sp³-hybridized carbons (Fsp3) is 0.438. The first kappa shape index (κ1) is 17.5. The number of aliphatic hydroxyl groups excluding tert-OH is 3. The number of amides is 1. The molecule has 3 rings (SSSR count). The minimum Gasteiger partial charge on any atom is -0.395 e. The normalized spacial score (nSPS) is 25.9. The zero-order valence-corrected chi connectivity index (χ0v) is 13.7. The summed E-state index contributed by atoms with van der Waals surface area (Å²) >= 11 is 0. The van der Waals surface area contributed by atoms with E-state index < -0.39 is 24.3 Å². The van der Waals surface area contributed by atoms with E-state index in [1.54, 1.807) is 23.0 Å². The van der Waals surface area contributed by atoms with Crippen LogP contribution in [0.2, 0.25) is 0 Å². The van der Waals surface area contributed by atoms with Gasteiger partial charge in [-0.1, -0.05) is 17.3 Å². The van der Waals surface area contributed by atoms with Crippen LogP contribution in [0.4, 0.5) is 5.69 Å². The molecule has 1 amide bonds. The van der Waals surface area contributed by atoms with Crippen molar-refractivity contribution in [3.8, 4) is 11.3 Å². The van der Waals surface area contributed by atoms with Crippen LogP contribution in [0.5, 0.6) is 0 Å². The summed E-state index contributed by atoms with van der Waals surface area (Å²) in [5, 5.41) is 42.9. The minimum atomic E-state index is -1.01. The zero-order chi connectivity index (χ0) is 18.0. The standard InChI is InChI=1S/C16H21N5O4/c1-9(23)17-11-4-2-10(3-5-11)12-6-21(20-19-12)7-13-15(24)16(25)14(8-22)18-13/h2-6,13-16,18,22,24-25H,7-8H2,1H3,(H,17,23)/t13-,14-,15-,16-/m1/s1. The Morgan fingerprint density at radius 3 is 2.52 bits per heavy atom. The molecule has 0 unspecified atom stereocenters. The molecule has 1 saturated heterocycles. The molecule has 1 fully saturated rings. The number of hydrogen-bond acceptors (Lipinski definition) is 7. The first-order valence-electron chi connectivity index (χ1n) is 7.99. The number of carbonyl (C=O) groups is 1. The summed E-state index contributed by atoms with van der Waals surface area (Å²) in [7, 11) is 0. The minimum absolute atomic E-state index is 0.135. The number of benzene rings is 1. The molecule has 0 aliphatic carbocycles. The number of hydrogen-bond donors (Lipinski definition) is 5. The van der Waals surface area contributed by atoms with E-state index in [0.717, 1.165) is 5.56 Å². The Hall–Kier alpha value is -2.33. The van der Waals surface area contributed by atoms with Crippen LogP contribution in [0, 0.1) is 0 Å². The molecule has 25 heavy (non-hydrogen) atoms. The van der Waals surface area contributed by atoms with Gasteiger partial charge in [0.05, 0.1) is 43.6 Å². The third-order valence-corrected chi connectivity index (χ3v) is 4.22. The van der Waals surface area contributed by atoms with Crippen molar-refractivity contribution in [2.24, 2.45) is 0 Å². The fourth-order valence-corrected chi connectivity index (χ4v) is 2.92. The second-order valence-electron chi connectivity index (χ2n) is 6.13. The van der Waals surface area contributed by atoms with Gasteiger partial charge in [-0.3, -0.25) is 9.48 Å². The van der Waals surface area contributed by atoms with Gasteiger partial charge in [-0.15, -0.1) is 5.10 Å². The lowest BCUT2D eigenvalue weighted by Gasteiger charge is -2.15. The molecule has 0 spiro atoms. The average Bonchev–Trinajstić information content (AvgIpc) is 3.15. The lowest BCUT2D eigenvalue weighted by atomic mass is 10.1. The van der Waals surface area contributed by atoms with E-state index in [2.05, 4.69) is 20.9 Å². The Balaban J connectivity index is 1.67. The molecule has 9 heteroatoms. The fourth-order valence-electron chi connectivity index (χ4n) is 2.92. The van der Waals surface area contributed by atoms with Crippen LogP contribution in [0.15, 0.2) is 30.5 Å². The molecule has 1 aromatic carbocycles. The molecule has 4 atom stereocenters. The summed E-state index contributed by atoms with van der Waals surface area (Å²) in [5.41, 5.74) is 2.20. The number of carbonyl (C=O) groups excluding carboxylic acids is 1. The van der Waals surface area contributed by atoms with Crippen molar-refractivity contribution in [2.45, 2.75) is 37.8 Å². The molecule has 0 radical (unpaired) electrons. The second-order valence-corrected chi connectivity index (χ2v) is 6.13. The quantitative estimate of drug-likeness (QED) is 0.466. The van der Waals surface area contributed by atoms with E-state index in [1.165, 1.54) is 6.92 Å². The van der Waals surface area contributed by atoms with Crippen LogP contribution in [0.3, 0.4) is 0 Å². The monoisotopic (exact) mass is 347 g/mol. The number of aromatic nitrogens is 3. The molecule has 9 nitrogen and oxygen atoms in total. The summed E-state index contributed by atoms with van der Waals surface area (Å²) in [4.78, 5) is 11.0. The Labute approximate surface area is 144 Å². The van der Waals surface area contributed by atoms with Crippen LogP contribution in [-0.4, -0.2) is 67.1 Å². The van der Waals surface area contributed by atoms with Crippen molar-refractivity contribution < 1.29 is 20.1 Å². The Morgan fingerprint density at radius 2 is 1.92 bits per heavy atom. The first-order valence-corrected chi connectivity index (χ1v) is 7.99. The van der Waals surface area contributed by atoms with Gasteiger partial charge in [0.1, 0.15) is 5.69 Å². The molecule has 5 N–H and O–H groups in total. The van der Waals surface area contributed by atoms with Gasteiger partial charge in [0.2, 0.25) is 5.91 Å². The highest BCUT2D eigenvalue weighted by molar-refractivity contribution is 5.88. The third kappa shape index (κ3) is 3.85. The van der Waals surface area contributed by atoms with E-state index in [-0.39, 0.29) is 12.5 Å². The highest BCUT2D eigenvalue weighted by Gasteiger charge is 2.40. The van der Waals surface area contributed by atoms with Crippen LogP contribution in [0.25, 0.3) is 11.3 Å². The highest BCUT2D eigenvalue weighted by Crippen LogP contribution is 2.20. The van der Waals surface area contributed by atoms with Crippen molar-refractivity contribution in [2.75, 3.05) is 11.9 Å². The van der Waals surface area contributed by atoms with Crippen molar-refractivity contribution in [1.82, 2.24) is 20.3 Å². The smallest absolute Gasteiger partial charge is 0.221 e. The summed E-state index contributed by atoms with van der Waals surface area (Å²) in [5.74, 6) is -0.135. The number of aliphatic hydroxyl groups is 3. The molecule has 2 aromatic rings. The topological polar surface area (TPSA) is 133 Å². The molecule has 1 aromatic heterocycles. The molecular weight excluding hydrogens is 326 g/mol. The Morgan fingerprint density at radius 1 is 1.24 bits per heavy atom. The van der Waals surface area contributed by atoms with Crippen LogP contribution in [0.1, 0.15) is 6.92 Å². The summed E-state index contributed by atoms with van der Waals surface area (Å²) in [6.07, 6.45) is -0.262. The number of rotatable bonds is 5. The molecule has 1 aliphatic rings. The van der Waals surface area contributed by atoms with E-state index in [4.69, 9.17) is 0 Å². The summed E-state index contributed by atoms with van der Waals surface area (Å²) in [6.45, 7) is 1.51. The Kier molecular flexibility index (Phi) is 5.09.